The zero-order valence-corrected chi connectivity index (χ0v) is 11.3. The zero-order valence-electron chi connectivity index (χ0n) is 9.72. The first-order valence-corrected chi connectivity index (χ1v) is 7.41. The lowest BCUT2D eigenvalue weighted by Gasteiger charge is -2.43. The lowest BCUT2D eigenvalue weighted by molar-refractivity contribution is -0.159. The van der Waals surface area contributed by atoms with Crippen molar-refractivity contribution in [1.82, 2.24) is 10.2 Å². The minimum absolute atomic E-state index is 0.333. The first-order chi connectivity index (χ1) is 9.20. The Bertz CT molecular complexity index is 459. The van der Waals surface area contributed by atoms with Gasteiger partial charge in [0.05, 0.1) is 11.8 Å². The van der Waals surface area contributed by atoms with E-state index < -0.39 is 58.3 Å². The van der Waals surface area contributed by atoms with Gasteiger partial charge in [-0.2, -0.15) is 13.2 Å². The normalized spacial score (nSPS) is 28.9. The molecule has 2 amide bonds. The average molecular weight is 330 g/mol. The predicted molar refractivity (Wildman–Crippen MR) is 65.0 cm³/mol. The Morgan fingerprint density at radius 1 is 1.50 bits per heavy atom. The number of hydrogen-bond acceptors (Lipinski definition) is 5. The molecule has 2 aliphatic heterocycles. The van der Waals surface area contributed by atoms with Gasteiger partial charge in [0.1, 0.15) is 6.04 Å². The van der Waals surface area contributed by atoms with Gasteiger partial charge in [0.2, 0.25) is 11.8 Å². The number of aliphatic carboxylic acids is 1. The van der Waals surface area contributed by atoms with Crippen molar-refractivity contribution >= 4 is 41.3 Å². The third kappa shape index (κ3) is 2.97. The lowest BCUT2D eigenvalue weighted by atomic mass is 9.97. The summed E-state index contributed by atoms with van der Waals surface area (Å²) in [5.41, 5.74) is -4.51. The number of alkyl halides is 3. The third-order valence-electron chi connectivity index (χ3n) is 2.83. The number of carbonyl (C=O) groups excluding carboxylic acids is 2. The fourth-order valence-electron chi connectivity index (χ4n) is 2.01. The number of carboxylic acid groups (broad SMARTS) is 1. The molecule has 3 unspecified atom stereocenters. The van der Waals surface area contributed by atoms with Crippen LogP contribution in [0.2, 0.25) is 0 Å². The van der Waals surface area contributed by atoms with Crippen LogP contribution in [0.1, 0.15) is 0 Å². The number of carbonyl (C=O) groups is 3. The highest BCUT2D eigenvalue weighted by molar-refractivity contribution is 8.01. The smallest absolute Gasteiger partial charge is 0.442 e. The molecule has 112 valence electrons. The number of rotatable bonds is 4. The van der Waals surface area contributed by atoms with Gasteiger partial charge in [-0.1, -0.05) is 0 Å². The summed E-state index contributed by atoms with van der Waals surface area (Å²) in [5, 5.41) is 10.1. The zero-order chi connectivity index (χ0) is 15.1. The van der Waals surface area contributed by atoms with Crippen LogP contribution in [-0.2, 0) is 14.4 Å². The molecule has 0 aromatic rings. The van der Waals surface area contributed by atoms with E-state index in [-0.39, 0.29) is 0 Å². The molecule has 20 heavy (non-hydrogen) atoms. The standard InChI is InChI=1S/C9H9F3N2O4S2/c10-9(11,12)20-2-4(15)13-5-3-1-19-7(8(17)18)14(3)6(5)16/h3,5,7H,1-2H2,(H,13,15)(H,17,18). The van der Waals surface area contributed by atoms with Crippen molar-refractivity contribution in [3.63, 3.8) is 0 Å². The van der Waals surface area contributed by atoms with Gasteiger partial charge in [-0.3, -0.25) is 9.59 Å². The number of nitrogens with zero attached hydrogens (tertiary/aromatic N) is 1. The second-order valence-electron chi connectivity index (χ2n) is 4.12. The lowest BCUT2D eigenvalue weighted by Crippen LogP contribution is -2.71. The molecule has 2 aliphatic rings. The summed E-state index contributed by atoms with van der Waals surface area (Å²) in [7, 11) is 0. The maximum Gasteiger partial charge on any atom is 0.442 e. The summed E-state index contributed by atoms with van der Waals surface area (Å²) in [6, 6.07) is -1.39. The number of thioether (sulfide) groups is 2. The number of hydrogen-bond donors (Lipinski definition) is 2. The second kappa shape index (κ2) is 5.35. The van der Waals surface area contributed by atoms with Crippen molar-refractivity contribution in [2.45, 2.75) is 23.0 Å². The van der Waals surface area contributed by atoms with Crippen LogP contribution in [0.25, 0.3) is 0 Å². The number of amides is 2. The molecule has 2 heterocycles. The number of nitrogens with one attached hydrogen (secondary N) is 1. The van der Waals surface area contributed by atoms with Gasteiger partial charge >= 0.3 is 11.5 Å². The minimum atomic E-state index is -4.51. The molecule has 0 aromatic carbocycles. The monoisotopic (exact) mass is 330 g/mol. The predicted octanol–water partition coefficient (Wildman–Crippen LogP) is 0.0925. The molecule has 6 nitrogen and oxygen atoms in total. The SMILES string of the molecule is O=C(CSC(F)(F)F)NC1C(=O)N2C(C(=O)O)SCC12. The van der Waals surface area contributed by atoms with Gasteiger partial charge in [-0.15, -0.1) is 11.8 Å². The maximum atomic E-state index is 11.9. The molecule has 0 bridgehead atoms. The largest absolute Gasteiger partial charge is 0.479 e. The molecule has 0 aliphatic carbocycles. The Balaban J connectivity index is 1.86. The molecule has 0 radical (unpaired) electrons. The van der Waals surface area contributed by atoms with Gasteiger partial charge in [-0.05, 0) is 11.8 Å². The van der Waals surface area contributed by atoms with Crippen LogP contribution in [0.4, 0.5) is 13.2 Å². The van der Waals surface area contributed by atoms with Crippen LogP contribution in [-0.4, -0.2) is 62.3 Å². The highest BCUT2D eigenvalue weighted by Crippen LogP contribution is 2.38. The summed E-state index contributed by atoms with van der Waals surface area (Å²) in [6.45, 7) is 0. The second-order valence-corrected chi connectivity index (χ2v) is 6.27. The molecule has 0 spiro atoms. The van der Waals surface area contributed by atoms with Crippen LogP contribution >= 0.6 is 23.5 Å². The number of β-lactam (4-membered cyclic amide) rings is 1. The van der Waals surface area contributed by atoms with Crippen LogP contribution in [0.3, 0.4) is 0 Å². The van der Waals surface area contributed by atoms with Gasteiger partial charge in [0.25, 0.3) is 0 Å². The molecule has 2 N–H and O–H groups in total. The van der Waals surface area contributed by atoms with E-state index in [2.05, 4.69) is 5.32 Å². The molecule has 3 atom stereocenters. The summed E-state index contributed by atoms with van der Waals surface area (Å²) < 4.78 is 35.8. The van der Waals surface area contributed by atoms with E-state index in [1.807, 2.05) is 0 Å². The van der Waals surface area contributed by atoms with E-state index in [1.165, 1.54) is 0 Å². The Labute approximate surface area is 119 Å². The van der Waals surface area contributed by atoms with Gasteiger partial charge < -0.3 is 15.3 Å². The van der Waals surface area contributed by atoms with Crippen molar-refractivity contribution in [2.75, 3.05) is 11.5 Å². The highest BCUT2D eigenvalue weighted by atomic mass is 32.2. The summed E-state index contributed by atoms with van der Waals surface area (Å²) in [4.78, 5) is 35.0. The van der Waals surface area contributed by atoms with Crippen molar-refractivity contribution in [2.24, 2.45) is 0 Å². The summed E-state index contributed by atoms with van der Waals surface area (Å²) in [5.74, 6) is -3.11. The van der Waals surface area contributed by atoms with E-state index in [0.29, 0.717) is 5.75 Å². The maximum absolute atomic E-state index is 11.9. The van der Waals surface area contributed by atoms with Crippen LogP contribution in [0, 0.1) is 0 Å². The minimum Gasteiger partial charge on any atom is -0.479 e. The molecule has 2 fully saturated rings. The third-order valence-corrected chi connectivity index (χ3v) is 4.85. The fourth-order valence-corrected chi connectivity index (χ4v) is 3.69. The Hall–Kier alpha value is -1.10. The highest BCUT2D eigenvalue weighted by Gasteiger charge is 2.57. The van der Waals surface area contributed by atoms with Crippen LogP contribution in [0.15, 0.2) is 0 Å². The van der Waals surface area contributed by atoms with Gasteiger partial charge in [0, 0.05) is 5.75 Å². The molecular formula is C9H9F3N2O4S2. The van der Waals surface area contributed by atoms with E-state index in [4.69, 9.17) is 5.11 Å². The van der Waals surface area contributed by atoms with E-state index in [9.17, 15) is 27.6 Å². The van der Waals surface area contributed by atoms with Crippen molar-refractivity contribution < 1.29 is 32.7 Å². The van der Waals surface area contributed by atoms with E-state index in [0.717, 1.165) is 16.7 Å². The molecule has 0 saturated carbocycles. The first-order valence-electron chi connectivity index (χ1n) is 5.37. The molecular weight excluding hydrogens is 321 g/mol. The summed E-state index contributed by atoms with van der Waals surface area (Å²) in [6.07, 6.45) is 0. The Kier molecular flexibility index (Phi) is 4.09. The first kappa shape index (κ1) is 15.3. The van der Waals surface area contributed by atoms with Crippen LogP contribution in [0.5, 0.6) is 0 Å². The molecule has 2 rings (SSSR count). The molecule has 2 saturated heterocycles. The number of halogens is 3. The topological polar surface area (TPSA) is 86.7 Å². The van der Waals surface area contributed by atoms with Gasteiger partial charge in [-0.25, -0.2) is 4.79 Å². The molecule has 11 heteroatoms. The van der Waals surface area contributed by atoms with Gasteiger partial charge in [0.15, 0.2) is 5.37 Å². The average Bonchev–Trinajstić information content (AvgIpc) is 2.73. The quantitative estimate of drug-likeness (QED) is 0.711. The fraction of sp³-hybridized carbons (Fsp3) is 0.667. The van der Waals surface area contributed by atoms with Crippen molar-refractivity contribution in [3.8, 4) is 0 Å². The Morgan fingerprint density at radius 3 is 2.70 bits per heavy atom. The Morgan fingerprint density at radius 2 is 2.15 bits per heavy atom. The van der Waals surface area contributed by atoms with Crippen molar-refractivity contribution in [1.29, 1.82) is 0 Å². The van der Waals surface area contributed by atoms with E-state index in [1.54, 1.807) is 0 Å². The number of fused-ring (bicyclic) bond motifs is 1. The van der Waals surface area contributed by atoms with Crippen molar-refractivity contribution in [3.05, 3.63) is 0 Å². The summed E-state index contributed by atoms with van der Waals surface area (Å²) >= 11 is 0.564. The van der Waals surface area contributed by atoms with Crippen LogP contribution < -0.4 is 5.32 Å². The number of carboxylic acids is 1. The molecule has 0 aromatic heterocycles. The van der Waals surface area contributed by atoms with E-state index >= 15 is 0 Å².